The van der Waals surface area contributed by atoms with Crippen LogP contribution in [0, 0.1) is 10.1 Å². The molecule has 4 aromatic rings. The number of hydrogen-bond donors (Lipinski definition) is 0. The summed E-state index contributed by atoms with van der Waals surface area (Å²) < 4.78 is 7.24. The van der Waals surface area contributed by atoms with E-state index >= 15 is 0 Å². The van der Waals surface area contributed by atoms with Gasteiger partial charge in [0.25, 0.3) is 5.69 Å². The molecule has 9 heteroatoms. The molecule has 0 atom stereocenters. The van der Waals surface area contributed by atoms with Crippen molar-refractivity contribution in [2.75, 3.05) is 7.11 Å². The number of benzene rings is 3. The van der Waals surface area contributed by atoms with Gasteiger partial charge in [-0.25, -0.2) is 4.98 Å². The quantitative estimate of drug-likeness (QED) is 0.127. The van der Waals surface area contributed by atoms with Gasteiger partial charge in [-0.1, -0.05) is 35.5 Å². The van der Waals surface area contributed by atoms with Gasteiger partial charge < -0.3 is 4.74 Å². The molecule has 0 spiro atoms. The van der Waals surface area contributed by atoms with E-state index in [4.69, 9.17) is 16.3 Å². The zero-order valence-corrected chi connectivity index (χ0v) is 18.7. The number of nitrogens with zero attached hydrogens (tertiary/aromatic N) is 3. The molecule has 0 aliphatic carbocycles. The molecule has 31 heavy (non-hydrogen) atoms. The average Bonchev–Trinajstić information content (AvgIpc) is 3.19. The lowest BCUT2D eigenvalue weighted by Crippen LogP contribution is -1.94. The number of thiazole rings is 1. The Hall–Kier alpha value is -2.94. The second kappa shape index (κ2) is 9.47. The molecular formula is C22H16ClN3O3S2. The first kappa shape index (κ1) is 21.3. The van der Waals surface area contributed by atoms with E-state index in [2.05, 4.69) is 9.98 Å². The third kappa shape index (κ3) is 5.22. The highest BCUT2D eigenvalue weighted by Gasteiger charge is 2.13. The van der Waals surface area contributed by atoms with Crippen molar-refractivity contribution in [3.8, 4) is 5.75 Å². The van der Waals surface area contributed by atoms with Crippen molar-refractivity contribution < 1.29 is 9.66 Å². The number of nitro benzene ring substituents is 1. The smallest absolute Gasteiger partial charge is 0.270 e. The predicted molar refractivity (Wildman–Crippen MR) is 128 cm³/mol. The van der Waals surface area contributed by atoms with Crippen LogP contribution in [0.1, 0.15) is 11.1 Å². The lowest BCUT2D eigenvalue weighted by atomic mass is 10.2. The Bertz CT molecular complexity index is 1270. The molecular weight excluding hydrogens is 454 g/mol. The van der Waals surface area contributed by atoms with Gasteiger partial charge in [-0.15, -0.1) is 11.3 Å². The lowest BCUT2D eigenvalue weighted by molar-refractivity contribution is -0.384. The van der Waals surface area contributed by atoms with Gasteiger partial charge in [0.2, 0.25) is 0 Å². The minimum atomic E-state index is -0.405. The number of hydrogen-bond acceptors (Lipinski definition) is 7. The van der Waals surface area contributed by atoms with Crippen molar-refractivity contribution in [2.24, 2.45) is 4.99 Å². The molecule has 6 nitrogen and oxygen atoms in total. The molecule has 1 aromatic heterocycles. The molecule has 0 aliphatic rings. The Labute approximate surface area is 191 Å². The molecule has 0 unspecified atom stereocenters. The Morgan fingerprint density at radius 3 is 2.74 bits per heavy atom. The number of aromatic nitrogens is 1. The average molecular weight is 470 g/mol. The van der Waals surface area contributed by atoms with Gasteiger partial charge >= 0.3 is 0 Å². The molecule has 156 valence electrons. The number of nitro groups is 1. The Morgan fingerprint density at radius 1 is 1.19 bits per heavy atom. The fourth-order valence-corrected chi connectivity index (χ4v) is 5.07. The van der Waals surface area contributed by atoms with E-state index in [0.717, 1.165) is 31.4 Å². The van der Waals surface area contributed by atoms with Gasteiger partial charge in [0.15, 0.2) is 4.34 Å². The molecule has 0 saturated carbocycles. The third-order valence-corrected chi connectivity index (χ3v) is 6.87. The van der Waals surface area contributed by atoms with Crippen molar-refractivity contribution in [1.29, 1.82) is 0 Å². The molecule has 0 radical (unpaired) electrons. The van der Waals surface area contributed by atoms with Gasteiger partial charge in [-0.3, -0.25) is 15.1 Å². The molecule has 0 N–H and O–H groups in total. The van der Waals surface area contributed by atoms with E-state index in [1.54, 1.807) is 36.8 Å². The van der Waals surface area contributed by atoms with Crippen LogP contribution in [0.3, 0.4) is 0 Å². The highest BCUT2D eigenvalue weighted by Crippen LogP contribution is 2.36. The summed E-state index contributed by atoms with van der Waals surface area (Å²) in [6, 6.07) is 17.9. The monoisotopic (exact) mass is 469 g/mol. The molecule has 0 fully saturated rings. The number of thioether (sulfide) groups is 1. The first-order valence-electron chi connectivity index (χ1n) is 9.16. The van der Waals surface area contributed by atoms with Crippen LogP contribution in [0.2, 0.25) is 5.02 Å². The second-order valence-corrected chi connectivity index (χ2v) is 9.17. The Morgan fingerprint density at radius 2 is 2.00 bits per heavy atom. The topological polar surface area (TPSA) is 77.6 Å². The van der Waals surface area contributed by atoms with Crippen molar-refractivity contribution in [3.63, 3.8) is 0 Å². The van der Waals surface area contributed by atoms with Crippen molar-refractivity contribution in [3.05, 3.63) is 86.9 Å². The fourth-order valence-electron chi connectivity index (χ4n) is 2.86. The Balaban J connectivity index is 1.50. The molecule has 4 rings (SSSR count). The minimum absolute atomic E-state index is 0.0453. The van der Waals surface area contributed by atoms with Gasteiger partial charge in [0, 0.05) is 34.7 Å². The second-order valence-electron chi connectivity index (χ2n) is 6.48. The van der Waals surface area contributed by atoms with Crippen LogP contribution in [-0.4, -0.2) is 23.2 Å². The van der Waals surface area contributed by atoms with E-state index < -0.39 is 4.92 Å². The predicted octanol–water partition coefficient (Wildman–Crippen LogP) is 6.91. The van der Waals surface area contributed by atoms with Crippen LogP contribution >= 0.6 is 34.7 Å². The van der Waals surface area contributed by atoms with Gasteiger partial charge in [-0.05, 0) is 42.0 Å². The number of fused-ring (bicyclic) bond motifs is 1. The van der Waals surface area contributed by atoms with Gasteiger partial charge in [0.1, 0.15) is 5.75 Å². The summed E-state index contributed by atoms with van der Waals surface area (Å²) in [5.74, 6) is 1.14. The normalized spacial score (nSPS) is 11.3. The molecule has 1 heterocycles. The van der Waals surface area contributed by atoms with E-state index in [9.17, 15) is 10.1 Å². The van der Waals surface area contributed by atoms with Crippen molar-refractivity contribution in [2.45, 2.75) is 10.1 Å². The summed E-state index contributed by atoms with van der Waals surface area (Å²) in [5, 5.41) is 11.8. The van der Waals surface area contributed by atoms with Crippen LogP contribution in [0.4, 0.5) is 11.4 Å². The Kier molecular flexibility index (Phi) is 6.50. The number of ether oxygens (including phenoxy) is 1. The maximum atomic E-state index is 11.1. The zero-order chi connectivity index (χ0) is 21.8. The first-order valence-corrected chi connectivity index (χ1v) is 11.3. The lowest BCUT2D eigenvalue weighted by Gasteiger charge is -2.06. The van der Waals surface area contributed by atoms with E-state index in [-0.39, 0.29) is 5.69 Å². The number of aliphatic imine (C=N–C) groups is 1. The summed E-state index contributed by atoms with van der Waals surface area (Å²) in [6.45, 7) is 0. The number of rotatable bonds is 7. The van der Waals surface area contributed by atoms with Gasteiger partial charge in [0.05, 0.1) is 27.9 Å². The summed E-state index contributed by atoms with van der Waals surface area (Å²) in [6.07, 6.45) is 1.79. The van der Waals surface area contributed by atoms with Crippen LogP contribution < -0.4 is 4.74 Å². The fraction of sp³-hybridized carbons (Fsp3) is 0.0909. The maximum Gasteiger partial charge on any atom is 0.270 e. The summed E-state index contributed by atoms with van der Waals surface area (Å²) in [4.78, 5) is 19.8. The highest BCUT2D eigenvalue weighted by atomic mass is 35.5. The van der Waals surface area contributed by atoms with Crippen LogP contribution in [0.15, 0.2) is 70.0 Å². The summed E-state index contributed by atoms with van der Waals surface area (Å²) in [5.41, 5.74) is 3.50. The van der Waals surface area contributed by atoms with E-state index in [0.29, 0.717) is 16.5 Å². The zero-order valence-electron chi connectivity index (χ0n) is 16.3. The largest absolute Gasteiger partial charge is 0.496 e. The molecule has 0 saturated heterocycles. The minimum Gasteiger partial charge on any atom is -0.496 e. The maximum absolute atomic E-state index is 11.1. The number of halogens is 1. The number of non-ortho nitro benzene ring substituents is 1. The van der Waals surface area contributed by atoms with Crippen molar-refractivity contribution in [1.82, 2.24) is 4.98 Å². The van der Waals surface area contributed by atoms with E-state index in [1.165, 1.54) is 17.8 Å². The molecule has 0 bridgehead atoms. The molecule has 0 amide bonds. The van der Waals surface area contributed by atoms with Crippen LogP contribution in [0.25, 0.3) is 10.2 Å². The van der Waals surface area contributed by atoms with Crippen LogP contribution in [0.5, 0.6) is 5.75 Å². The van der Waals surface area contributed by atoms with Crippen molar-refractivity contribution >= 4 is 62.5 Å². The highest BCUT2D eigenvalue weighted by molar-refractivity contribution is 8.00. The first-order chi connectivity index (χ1) is 15.0. The van der Waals surface area contributed by atoms with Crippen LogP contribution in [-0.2, 0) is 5.75 Å². The van der Waals surface area contributed by atoms with E-state index in [1.807, 2.05) is 42.5 Å². The molecule has 0 aliphatic heterocycles. The van der Waals surface area contributed by atoms with Gasteiger partial charge in [-0.2, -0.15) is 0 Å². The standard InChI is InChI=1S/C22H16ClN3O3S2/c1-29-20-9-7-18(26(27)28)10-15(20)13-30-22-25-19-8-6-17(11-21(19)31-22)24-12-14-2-4-16(23)5-3-14/h2-12H,13H2,1H3. The summed E-state index contributed by atoms with van der Waals surface area (Å²) >= 11 is 9.00. The third-order valence-electron chi connectivity index (χ3n) is 4.41. The summed E-state index contributed by atoms with van der Waals surface area (Å²) in [7, 11) is 1.55. The molecule has 3 aromatic carbocycles. The number of methoxy groups -OCH3 is 1. The SMILES string of the molecule is COc1ccc([N+](=O)[O-])cc1CSc1nc2ccc(N=Cc3ccc(Cl)cc3)cc2s1.